The highest BCUT2D eigenvalue weighted by Crippen LogP contribution is 2.24. The molecule has 0 aliphatic rings. The Kier molecular flexibility index (Phi) is 7.45. The van der Waals surface area contributed by atoms with E-state index >= 15 is 0 Å². The van der Waals surface area contributed by atoms with Crippen LogP contribution in [-0.2, 0) is 11.3 Å². The molecule has 9 heteroatoms. The maximum Gasteiger partial charge on any atom is 0.250 e. The smallest absolute Gasteiger partial charge is 0.250 e. The number of hydrazone groups is 1. The molecule has 0 aliphatic heterocycles. The first kappa shape index (κ1) is 21.4. The molecule has 0 saturated heterocycles. The molecular weight excluding hydrogens is 402 g/mol. The number of amides is 1. The average Bonchev–Trinajstić information content (AvgIpc) is 3.21. The van der Waals surface area contributed by atoms with Gasteiger partial charge in [-0.15, -0.1) is 10.2 Å². The van der Waals surface area contributed by atoms with Crippen LogP contribution in [0.1, 0.15) is 12.5 Å². The van der Waals surface area contributed by atoms with Crippen LogP contribution in [0, 0.1) is 0 Å². The van der Waals surface area contributed by atoms with Crippen molar-refractivity contribution in [1.29, 1.82) is 0 Å². The van der Waals surface area contributed by atoms with Crippen LogP contribution in [0.3, 0.4) is 0 Å². The van der Waals surface area contributed by atoms with Gasteiger partial charge in [-0.1, -0.05) is 42.1 Å². The molecular formula is C21H23N5O3S. The van der Waals surface area contributed by atoms with E-state index in [1.54, 1.807) is 32.4 Å². The highest BCUT2D eigenvalue weighted by Gasteiger charge is 2.14. The van der Waals surface area contributed by atoms with E-state index in [0.717, 1.165) is 17.0 Å². The third-order valence-corrected chi connectivity index (χ3v) is 5.20. The molecule has 8 nitrogen and oxygen atoms in total. The van der Waals surface area contributed by atoms with Crippen molar-refractivity contribution in [3.05, 3.63) is 54.1 Å². The predicted molar refractivity (Wildman–Crippen MR) is 117 cm³/mol. The Morgan fingerprint density at radius 1 is 1.17 bits per heavy atom. The van der Waals surface area contributed by atoms with Crippen LogP contribution in [0.2, 0.25) is 0 Å². The van der Waals surface area contributed by atoms with Gasteiger partial charge in [-0.05, 0) is 19.1 Å². The lowest BCUT2D eigenvalue weighted by Gasteiger charge is -2.07. The fraction of sp³-hybridized carbons (Fsp3) is 0.238. The molecule has 3 rings (SSSR count). The zero-order valence-electron chi connectivity index (χ0n) is 17.0. The molecule has 0 spiro atoms. The van der Waals surface area contributed by atoms with Crippen LogP contribution in [0.15, 0.2) is 58.8 Å². The molecule has 0 unspecified atom stereocenters. The Labute approximate surface area is 179 Å². The van der Waals surface area contributed by atoms with Crippen molar-refractivity contribution >= 4 is 23.9 Å². The van der Waals surface area contributed by atoms with Gasteiger partial charge in [-0.25, -0.2) is 5.43 Å². The quantitative estimate of drug-likeness (QED) is 0.322. The summed E-state index contributed by atoms with van der Waals surface area (Å²) in [6.45, 7) is 2.73. The summed E-state index contributed by atoms with van der Waals surface area (Å²) in [7, 11) is 3.15. The molecule has 0 aliphatic carbocycles. The van der Waals surface area contributed by atoms with Crippen LogP contribution in [0.25, 0.3) is 11.4 Å². The number of hydrogen-bond donors (Lipinski definition) is 1. The minimum Gasteiger partial charge on any atom is -0.497 e. The van der Waals surface area contributed by atoms with Gasteiger partial charge < -0.3 is 14.0 Å². The first-order valence-corrected chi connectivity index (χ1v) is 10.3. The minimum atomic E-state index is -0.240. The normalized spacial score (nSPS) is 10.9. The zero-order valence-corrected chi connectivity index (χ0v) is 17.8. The summed E-state index contributed by atoms with van der Waals surface area (Å²) in [5.74, 6) is 2.00. The molecule has 0 atom stereocenters. The van der Waals surface area contributed by atoms with Gasteiger partial charge in [-0.3, -0.25) is 4.79 Å². The lowest BCUT2D eigenvalue weighted by Crippen LogP contribution is -2.20. The number of nitrogens with one attached hydrogen (secondary N) is 1. The first-order valence-electron chi connectivity index (χ1n) is 9.31. The van der Waals surface area contributed by atoms with E-state index in [1.807, 2.05) is 41.8 Å². The Morgan fingerprint density at radius 3 is 2.67 bits per heavy atom. The minimum absolute atomic E-state index is 0.171. The monoisotopic (exact) mass is 425 g/mol. The lowest BCUT2D eigenvalue weighted by molar-refractivity contribution is -0.118. The average molecular weight is 426 g/mol. The Bertz CT molecular complexity index is 1020. The van der Waals surface area contributed by atoms with Crippen molar-refractivity contribution in [2.24, 2.45) is 5.10 Å². The summed E-state index contributed by atoms with van der Waals surface area (Å²) < 4.78 is 12.5. The van der Waals surface area contributed by atoms with Gasteiger partial charge >= 0.3 is 0 Å². The van der Waals surface area contributed by atoms with Gasteiger partial charge in [-0.2, -0.15) is 5.10 Å². The van der Waals surface area contributed by atoms with Gasteiger partial charge in [0.05, 0.1) is 26.2 Å². The van der Waals surface area contributed by atoms with Crippen LogP contribution in [0.4, 0.5) is 0 Å². The first-order chi connectivity index (χ1) is 14.7. The Balaban J connectivity index is 1.59. The Hall–Kier alpha value is -3.33. The second-order valence-electron chi connectivity index (χ2n) is 6.11. The van der Waals surface area contributed by atoms with Crippen molar-refractivity contribution in [3.8, 4) is 22.9 Å². The number of nitrogens with zero attached hydrogens (tertiary/aromatic N) is 4. The SMILES string of the molecule is CCn1c(SCC(=O)N/N=C/c2ccc(OC)cc2OC)nnc1-c1ccccc1. The van der Waals surface area contributed by atoms with E-state index in [-0.39, 0.29) is 11.7 Å². The molecule has 3 aromatic rings. The number of methoxy groups -OCH3 is 2. The summed E-state index contributed by atoms with van der Waals surface area (Å²) in [5.41, 5.74) is 4.24. The van der Waals surface area contributed by atoms with Gasteiger partial charge in [0.1, 0.15) is 11.5 Å². The number of hydrogen-bond acceptors (Lipinski definition) is 7. The van der Waals surface area contributed by atoms with E-state index in [0.29, 0.717) is 23.2 Å². The number of thioether (sulfide) groups is 1. The molecule has 2 aromatic carbocycles. The summed E-state index contributed by atoms with van der Waals surface area (Å²) in [6.07, 6.45) is 1.53. The summed E-state index contributed by atoms with van der Waals surface area (Å²) in [5, 5.41) is 13.2. The fourth-order valence-corrected chi connectivity index (χ4v) is 3.54. The third kappa shape index (κ3) is 5.18. The number of ether oxygens (including phenoxy) is 2. The largest absolute Gasteiger partial charge is 0.497 e. The van der Waals surface area contributed by atoms with Gasteiger partial charge in [0, 0.05) is 23.7 Å². The topological polar surface area (TPSA) is 90.6 Å². The number of aromatic nitrogens is 3. The zero-order chi connectivity index (χ0) is 21.3. The number of benzene rings is 2. The van der Waals surface area contributed by atoms with Crippen LogP contribution >= 0.6 is 11.8 Å². The van der Waals surface area contributed by atoms with Crippen molar-refractivity contribution in [2.75, 3.05) is 20.0 Å². The highest BCUT2D eigenvalue weighted by molar-refractivity contribution is 7.99. The molecule has 1 N–H and O–H groups in total. The fourth-order valence-electron chi connectivity index (χ4n) is 2.74. The summed E-state index contributed by atoms with van der Waals surface area (Å²) >= 11 is 1.32. The van der Waals surface area contributed by atoms with Gasteiger partial charge in [0.25, 0.3) is 5.91 Å². The lowest BCUT2D eigenvalue weighted by atomic mass is 10.2. The molecule has 0 bridgehead atoms. The second-order valence-corrected chi connectivity index (χ2v) is 7.05. The maximum absolute atomic E-state index is 12.2. The van der Waals surface area contributed by atoms with E-state index in [4.69, 9.17) is 9.47 Å². The number of carbonyl (C=O) groups is 1. The van der Waals surface area contributed by atoms with Crippen LogP contribution in [0.5, 0.6) is 11.5 Å². The van der Waals surface area contributed by atoms with E-state index < -0.39 is 0 Å². The van der Waals surface area contributed by atoms with Crippen molar-refractivity contribution in [1.82, 2.24) is 20.2 Å². The summed E-state index contributed by atoms with van der Waals surface area (Å²) in [6, 6.07) is 15.2. The molecule has 1 aromatic heterocycles. The van der Waals surface area contributed by atoms with Crippen molar-refractivity contribution in [2.45, 2.75) is 18.6 Å². The molecule has 1 amide bonds. The molecule has 1 heterocycles. The predicted octanol–water partition coefficient (Wildman–Crippen LogP) is 3.22. The maximum atomic E-state index is 12.2. The number of rotatable bonds is 9. The third-order valence-electron chi connectivity index (χ3n) is 4.23. The molecule has 0 fully saturated rings. The molecule has 30 heavy (non-hydrogen) atoms. The van der Waals surface area contributed by atoms with E-state index in [9.17, 15) is 4.79 Å². The van der Waals surface area contributed by atoms with E-state index in [2.05, 4.69) is 20.7 Å². The molecule has 0 radical (unpaired) electrons. The van der Waals surface area contributed by atoms with Crippen molar-refractivity contribution < 1.29 is 14.3 Å². The van der Waals surface area contributed by atoms with Crippen LogP contribution in [-0.4, -0.2) is 46.9 Å². The highest BCUT2D eigenvalue weighted by atomic mass is 32.2. The number of carbonyl (C=O) groups excluding carboxylic acids is 1. The van der Waals surface area contributed by atoms with Gasteiger partial charge in [0.2, 0.25) is 0 Å². The molecule has 0 saturated carbocycles. The molecule has 156 valence electrons. The van der Waals surface area contributed by atoms with Crippen LogP contribution < -0.4 is 14.9 Å². The van der Waals surface area contributed by atoms with Crippen molar-refractivity contribution in [3.63, 3.8) is 0 Å². The summed E-state index contributed by atoms with van der Waals surface area (Å²) in [4.78, 5) is 12.2. The standard InChI is InChI=1S/C21H23N5O3S/c1-4-26-20(15-8-6-5-7-9-15)24-25-21(26)30-14-19(27)23-22-13-16-10-11-17(28-2)12-18(16)29-3/h5-13H,4,14H2,1-3H3,(H,23,27)/b22-13+. The van der Waals surface area contributed by atoms with Gasteiger partial charge in [0.15, 0.2) is 11.0 Å². The second kappa shape index (κ2) is 10.4. The Morgan fingerprint density at radius 2 is 1.97 bits per heavy atom. The van der Waals surface area contributed by atoms with E-state index in [1.165, 1.54) is 18.0 Å².